The van der Waals surface area contributed by atoms with E-state index in [4.69, 9.17) is 168 Å². The zero-order valence-corrected chi connectivity index (χ0v) is 28.4. The Kier molecular flexibility index (Phi) is 17.7. The number of rotatable bonds is 12. The van der Waals surface area contributed by atoms with Crippen LogP contribution in [0.25, 0.3) is 0 Å². The molecule has 0 aromatic heterocycles. The molecule has 1 rings (SSSR count). The van der Waals surface area contributed by atoms with Crippen molar-refractivity contribution in [2.45, 2.75) is 65.6 Å². The third kappa shape index (κ3) is 11.9. The fourth-order valence-electron chi connectivity index (χ4n) is 3.04. The highest BCUT2D eigenvalue weighted by Crippen LogP contribution is 2.37. The van der Waals surface area contributed by atoms with Crippen molar-refractivity contribution in [3.63, 3.8) is 0 Å². The number of alkyl halides is 12. The molecule has 0 aliphatic heterocycles. The predicted octanol–water partition coefficient (Wildman–Crippen LogP) is 4.29. The van der Waals surface area contributed by atoms with Crippen molar-refractivity contribution in [1.82, 2.24) is 0 Å². The third-order valence-electron chi connectivity index (χ3n) is 4.53. The van der Waals surface area contributed by atoms with Crippen molar-refractivity contribution in [2.24, 2.45) is 0 Å². The normalized spacial score (nSPS) is 24.1. The Morgan fingerprint density at radius 3 is 0.452 bits per heavy atom. The first kappa shape index (κ1) is 40.3. The van der Waals surface area contributed by atoms with Gasteiger partial charge in [-0.2, -0.15) is 0 Å². The van der Waals surface area contributed by atoms with Gasteiger partial charge in [0.25, 0.3) is 0 Å². The second-order valence-corrected chi connectivity index (χ2v) is 13.8. The summed E-state index contributed by atoms with van der Waals surface area (Å²) in [6.07, 6.45) is -13.5. The van der Waals surface area contributed by atoms with Gasteiger partial charge in [-0.25, -0.2) is 28.8 Å². The SMILES string of the molecule is O=C(OC1C(OC(=O)C(Cl)Cl)C(OC(=O)C(Cl)Cl)C(OC(=O)C(Cl)Cl)C(OC(=O)C(Cl)Cl)C1OC(=O)C(Cl)Cl)C(Cl)Cl. The van der Waals surface area contributed by atoms with E-state index < -0.39 is 101 Å². The molecule has 0 radical (unpaired) electrons. The van der Waals surface area contributed by atoms with Gasteiger partial charge < -0.3 is 28.4 Å². The number of esters is 6. The fraction of sp³-hybridized carbons (Fsp3) is 0.667. The molecular formula is C18H12Cl12O12. The summed E-state index contributed by atoms with van der Waals surface area (Å²) in [5, 5.41) is 0. The Morgan fingerprint density at radius 2 is 0.381 bits per heavy atom. The maximum absolute atomic E-state index is 12.5. The molecule has 0 N–H and O–H groups in total. The highest BCUT2D eigenvalue weighted by atomic mass is 35.6. The average molecular weight is 846 g/mol. The molecule has 12 nitrogen and oxygen atoms in total. The lowest BCUT2D eigenvalue weighted by molar-refractivity contribution is -0.259. The summed E-state index contributed by atoms with van der Waals surface area (Å²) in [5.41, 5.74) is 0. The van der Waals surface area contributed by atoms with Crippen molar-refractivity contribution in [3.8, 4) is 0 Å². The van der Waals surface area contributed by atoms with Gasteiger partial charge in [0, 0.05) is 0 Å². The van der Waals surface area contributed by atoms with E-state index in [0.29, 0.717) is 0 Å². The molecule has 1 saturated carbocycles. The van der Waals surface area contributed by atoms with E-state index in [-0.39, 0.29) is 0 Å². The molecule has 1 aliphatic rings. The van der Waals surface area contributed by atoms with Gasteiger partial charge in [0.05, 0.1) is 0 Å². The number of carbonyl (C=O) groups excluding carboxylic acids is 6. The Labute approximate surface area is 295 Å². The van der Waals surface area contributed by atoms with Crippen LogP contribution in [0.1, 0.15) is 0 Å². The summed E-state index contributed by atoms with van der Waals surface area (Å²) in [6.45, 7) is 0. The average Bonchev–Trinajstić information content (AvgIpc) is 2.88. The van der Waals surface area contributed by atoms with Crippen molar-refractivity contribution in [3.05, 3.63) is 0 Å². The van der Waals surface area contributed by atoms with Crippen LogP contribution in [0.2, 0.25) is 0 Å². The molecular weight excluding hydrogens is 834 g/mol. The lowest BCUT2D eigenvalue weighted by atomic mass is 9.83. The van der Waals surface area contributed by atoms with Crippen LogP contribution in [0.4, 0.5) is 0 Å². The van der Waals surface area contributed by atoms with Crippen LogP contribution >= 0.6 is 139 Å². The van der Waals surface area contributed by atoms with Crippen molar-refractivity contribution >= 4 is 175 Å². The predicted molar refractivity (Wildman–Crippen MR) is 152 cm³/mol. The molecule has 0 saturated heterocycles. The van der Waals surface area contributed by atoms with Crippen LogP contribution in [-0.4, -0.2) is 101 Å². The smallest absolute Gasteiger partial charge is 0.340 e. The summed E-state index contributed by atoms with van der Waals surface area (Å²) >= 11 is 66.8. The number of hydrogen-bond donors (Lipinski definition) is 0. The maximum Gasteiger partial charge on any atom is 0.340 e. The molecule has 0 unspecified atom stereocenters. The van der Waals surface area contributed by atoms with E-state index >= 15 is 0 Å². The minimum atomic E-state index is -2.24. The van der Waals surface area contributed by atoms with Crippen LogP contribution < -0.4 is 0 Å². The van der Waals surface area contributed by atoms with E-state index in [2.05, 4.69) is 0 Å². The van der Waals surface area contributed by atoms with Gasteiger partial charge in [0.15, 0.2) is 36.6 Å². The van der Waals surface area contributed by atoms with Gasteiger partial charge in [-0.05, 0) is 0 Å². The van der Waals surface area contributed by atoms with Gasteiger partial charge >= 0.3 is 35.8 Å². The Morgan fingerprint density at radius 1 is 0.286 bits per heavy atom. The number of halogens is 12. The van der Waals surface area contributed by atoms with Crippen molar-refractivity contribution in [2.75, 3.05) is 0 Å². The minimum Gasteiger partial charge on any atom is -0.452 e. The zero-order valence-electron chi connectivity index (χ0n) is 19.4. The fourth-order valence-corrected chi connectivity index (χ4v) is 3.66. The summed E-state index contributed by atoms with van der Waals surface area (Å²) < 4.78 is 30.9. The molecule has 0 amide bonds. The molecule has 24 heteroatoms. The highest BCUT2D eigenvalue weighted by molar-refractivity contribution is 6.55. The molecule has 240 valence electrons. The van der Waals surface area contributed by atoms with E-state index in [1.54, 1.807) is 0 Å². The van der Waals surface area contributed by atoms with Gasteiger partial charge in [-0.1, -0.05) is 139 Å². The summed E-state index contributed by atoms with van der Waals surface area (Å²) in [4.78, 5) is 63.1. The lowest BCUT2D eigenvalue weighted by Crippen LogP contribution is -2.69. The molecule has 42 heavy (non-hydrogen) atoms. The largest absolute Gasteiger partial charge is 0.452 e. The van der Waals surface area contributed by atoms with Gasteiger partial charge in [-0.3, -0.25) is 0 Å². The van der Waals surface area contributed by atoms with E-state index in [1.807, 2.05) is 0 Å². The second kappa shape index (κ2) is 18.4. The van der Waals surface area contributed by atoms with E-state index in [1.165, 1.54) is 0 Å². The third-order valence-corrected chi connectivity index (χ3v) is 6.66. The van der Waals surface area contributed by atoms with Crippen LogP contribution in [0.5, 0.6) is 0 Å². The minimum absolute atomic E-state index is 1.50. The monoisotopic (exact) mass is 840 g/mol. The van der Waals surface area contributed by atoms with Gasteiger partial charge in [0.2, 0.25) is 29.0 Å². The molecule has 0 bridgehead atoms. The molecule has 0 atom stereocenters. The molecule has 0 aromatic carbocycles. The first-order chi connectivity index (χ1) is 19.3. The van der Waals surface area contributed by atoms with Gasteiger partial charge in [0.1, 0.15) is 0 Å². The standard InChI is InChI=1S/C18H12Cl12O12/c19-7(20)13(31)37-1-2(38-14(32)8(21)22)4(40-16(34)10(25)26)6(42-18(36)12(29)30)5(41-17(35)11(27)28)3(1)39-15(33)9(23)24/h1-12H. The Bertz CT molecular complexity index is 796. The topological polar surface area (TPSA) is 158 Å². The lowest BCUT2D eigenvalue weighted by Gasteiger charge is -2.47. The van der Waals surface area contributed by atoms with Crippen LogP contribution in [-0.2, 0) is 57.2 Å². The molecule has 0 spiro atoms. The van der Waals surface area contributed by atoms with Crippen molar-refractivity contribution in [1.29, 1.82) is 0 Å². The number of ether oxygens (including phenoxy) is 6. The van der Waals surface area contributed by atoms with Crippen LogP contribution in [0, 0.1) is 0 Å². The van der Waals surface area contributed by atoms with Crippen LogP contribution in [0.3, 0.4) is 0 Å². The van der Waals surface area contributed by atoms with Gasteiger partial charge in [-0.15, -0.1) is 0 Å². The summed E-state index contributed by atoms with van der Waals surface area (Å²) in [5.74, 6) is -9.00. The molecule has 0 aromatic rings. The van der Waals surface area contributed by atoms with Crippen molar-refractivity contribution < 1.29 is 57.2 Å². The zero-order chi connectivity index (χ0) is 32.6. The molecule has 0 heterocycles. The number of carbonyl (C=O) groups is 6. The highest BCUT2D eigenvalue weighted by Gasteiger charge is 2.62. The second-order valence-electron chi connectivity index (χ2n) is 7.21. The Hall–Kier alpha value is 0.300. The maximum atomic E-state index is 12.5. The van der Waals surface area contributed by atoms with E-state index in [0.717, 1.165) is 0 Å². The first-order valence-electron chi connectivity index (χ1n) is 10.2. The first-order valence-corrected chi connectivity index (χ1v) is 15.5. The van der Waals surface area contributed by atoms with Crippen LogP contribution in [0.15, 0.2) is 0 Å². The molecule has 1 aliphatic carbocycles. The summed E-state index contributed by atoms with van der Waals surface area (Å²) in [7, 11) is 0. The molecule has 1 fully saturated rings. The Balaban J connectivity index is 4.06. The summed E-state index contributed by atoms with van der Waals surface area (Å²) in [6, 6.07) is 0. The number of hydrogen-bond acceptors (Lipinski definition) is 12. The quantitative estimate of drug-likeness (QED) is 0.156. The van der Waals surface area contributed by atoms with E-state index in [9.17, 15) is 28.8 Å².